The molecule has 1 aromatic carbocycles. The summed E-state index contributed by atoms with van der Waals surface area (Å²) in [6.45, 7) is 3.89. The first-order valence-corrected chi connectivity index (χ1v) is 8.68. The Balaban J connectivity index is 2.48. The second-order valence-electron chi connectivity index (χ2n) is 5.00. The fraction of sp³-hybridized carbons (Fsp3) is 0.500. The summed E-state index contributed by atoms with van der Waals surface area (Å²) in [5.74, 6) is 1.04. The number of alkyl halides is 1. The Hall–Kier alpha value is -0.940. The predicted octanol–water partition coefficient (Wildman–Crippen LogP) is 3.80. The van der Waals surface area contributed by atoms with Gasteiger partial charge in [-0.3, -0.25) is 4.21 Å². The molecule has 0 spiro atoms. The van der Waals surface area contributed by atoms with E-state index in [1.165, 1.54) is 12.1 Å². The van der Waals surface area contributed by atoms with Crippen molar-refractivity contribution in [1.29, 1.82) is 0 Å². The van der Waals surface area contributed by atoms with E-state index >= 15 is 0 Å². The van der Waals surface area contributed by atoms with Crippen molar-refractivity contribution in [3.8, 4) is 0 Å². The Morgan fingerprint density at radius 3 is 2.75 bits per heavy atom. The molecule has 6 heteroatoms. The Morgan fingerprint density at radius 2 is 2.15 bits per heavy atom. The number of rotatable bonds is 5. The summed E-state index contributed by atoms with van der Waals surface area (Å²) >= 11 is 6.19. The second kappa shape index (κ2) is 6.22. The van der Waals surface area contributed by atoms with Gasteiger partial charge in [0.15, 0.2) is 0 Å². The topological polar surface area (TPSA) is 34.9 Å². The molecule has 3 atom stereocenters. The van der Waals surface area contributed by atoms with Gasteiger partial charge in [-0.25, -0.2) is 9.37 Å². The van der Waals surface area contributed by atoms with Gasteiger partial charge in [0, 0.05) is 34.9 Å². The van der Waals surface area contributed by atoms with Crippen LogP contribution in [0.1, 0.15) is 37.5 Å². The van der Waals surface area contributed by atoms with Crippen LogP contribution >= 0.6 is 11.6 Å². The van der Waals surface area contributed by atoms with Crippen LogP contribution in [0.3, 0.4) is 0 Å². The van der Waals surface area contributed by atoms with Gasteiger partial charge in [0.25, 0.3) is 0 Å². The molecule has 3 nitrogen and oxygen atoms in total. The van der Waals surface area contributed by atoms with Gasteiger partial charge in [-0.05, 0) is 32.4 Å². The summed E-state index contributed by atoms with van der Waals surface area (Å²) < 4.78 is 26.6. The number of imidazole rings is 1. The molecule has 0 amide bonds. The van der Waals surface area contributed by atoms with Crippen molar-refractivity contribution in [2.24, 2.45) is 0 Å². The van der Waals surface area contributed by atoms with Gasteiger partial charge >= 0.3 is 0 Å². The molecule has 20 heavy (non-hydrogen) atoms. The Bertz CT molecular complexity index is 641. The molecule has 0 fully saturated rings. The number of benzene rings is 1. The van der Waals surface area contributed by atoms with E-state index < -0.39 is 10.8 Å². The monoisotopic (exact) mass is 316 g/mol. The molecule has 0 bridgehead atoms. The van der Waals surface area contributed by atoms with Crippen molar-refractivity contribution in [2.45, 2.75) is 31.7 Å². The Kier molecular flexibility index (Phi) is 4.81. The van der Waals surface area contributed by atoms with Crippen molar-refractivity contribution in [3.63, 3.8) is 0 Å². The minimum Gasteiger partial charge on any atom is -0.324 e. The quantitative estimate of drug-likeness (QED) is 0.786. The van der Waals surface area contributed by atoms with E-state index in [1.54, 1.807) is 12.3 Å². The summed E-state index contributed by atoms with van der Waals surface area (Å²) in [7, 11) is -0.829. The number of fused-ring (bicyclic) bond motifs is 1. The average molecular weight is 317 g/mol. The highest BCUT2D eigenvalue weighted by atomic mass is 35.5. The summed E-state index contributed by atoms with van der Waals surface area (Å²) in [6.07, 6.45) is 2.46. The van der Waals surface area contributed by atoms with Gasteiger partial charge < -0.3 is 4.57 Å². The highest BCUT2D eigenvalue weighted by molar-refractivity contribution is 7.84. The van der Waals surface area contributed by atoms with Gasteiger partial charge in [-0.2, -0.15) is 0 Å². The van der Waals surface area contributed by atoms with Gasteiger partial charge in [0.1, 0.15) is 11.6 Å². The fourth-order valence-electron chi connectivity index (χ4n) is 2.30. The van der Waals surface area contributed by atoms with Crippen LogP contribution in [-0.4, -0.2) is 25.8 Å². The van der Waals surface area contributed by atoms with Gasteiger partial charge in [0.2, 0.25) is 0 Å². The maximum Gasteiger partial charge on any atom is 0.127 e. The van der Waals surface area contributed by atoms with Crippen LogP contribution in [0, 0.1) is 5.82 Å². The highest BCUT2D eigenvalue weighted by Crippen LogP contribution is 2.29. The number of halogens is 2. The van der Waals surface area contributed by atoms with E-state index in [0.717, 1.165) is 17.8 Å². The van der Waals surface area contributed by atoms with Crippen LogP contribution in [0.5, 0.6) is 0 Å². The van der Waals surface area contributed by atoms with Crippen LogP contribution in [0.15, 0.2) is 18.2 Å². The van der Waals surface area contributed by atoms with Gasteiger partial charge in [-0.1, -0.05) is 0 Å². The van der Waals surface area contributed by atoms with Crippen molar-refractivity contribution in [2.75, 3.05) is 12.0 Å². The largest absolute Gasteiger partial charge is 0.324 e. The van der Waals surface area contributed by atoms with Crippen LogP contribution in [-0.2, 0) is 10.8 Å². The summed E-state index contributed by atoms with van der Waals surface area (Å²) in [5, 5.41) is -0.264. The molecular weight excluding hydrogens is 299 g/mol. The number of aromatic nitrogens is 2. The maximum atomic E-state index is 13.3. The van der Waals surface area contributed by atoms with E-state index in [-0.39, 0.29) is 17.2 Å². The predicted molar refractivity (Wildman–Crippen MR) is 82.2 cm³/mol. The lowest BCUT2D eigenvalue weighted by molar-refractivity contribution is 0.523. The molecule has 0 N–H and O–H groups in total. The molecule has 1 aromatic heterocycles. The van der Waals surface area contributed by atoms with E-state index in [1.807, 2.05) is 18.4 Å². The smallest absolute Gasteiger partial charge is 0.127 e. The first-order valence-electron chi connectivity index (χ1n) is 6.51. The zero-order valence-electron chi connectivity index (χ0n) is 11.8. The highest BCUT2D eigenvalue weighted by Gasteiger charge is 2.19. The van der Waals surface area contributed by atoms with E-state index in [9.17, 15) is 8.60 Å². The van der Waals surface area contributed by atoms with Gasteiger partial charge in [-0.15, -0.1) is 11.6 Å². The standard InChI is InChI=1S/C14H18ClFN2OS/c1-9(6-7-20(3)19)18-13-5-4-11(16)8-12(13)17-14(18)10(2)15/h4-5,8-10H,6-7H2,1-3H3. The molecule has 2 aromatic rings. The van der Waals surface area contributed by atoms with Crippen LogP contribution in [0.25, 0.3) is 11.0 Å². The summed E-state index contributed by atoms with van der Waals surface area (Å²) in [4.78, 5) is 4.44. The van der Waals surface area contributed by atoms with Crippen molar-refractivity contribution in [3.05, 3.63) is 29.8 Å². The third-order valence-electron chi connectivity index (χ3n) is 3.30. The van der Waals surface area contributed by atoms with Crippen molar-refractivity contribution in [1.82, 2.24) is 9.55 Å². The number of hydrogen-bond donors (Lipinski definition) is 0. The molecule has 0 aliphatic heterocycles. The molecule has 0 aliphatic rings. The molecule has 2 rings (SSSR count). The minimum atomic E-state index is -0.829. The first-order chi connectivity index (χ1) is 9.40. The zero-order valence-corrected chi connectivity index (χ0v) is 13.3. The average Bonchev–Trinajstić information content (AvgIpc) is 2.74. The third-order valence-corrected chi connectivity index (χ3v) is 4.30. The second-order valence-corrected chi connectivity index (χ2v) is 7.21. The summed E-state index contributed by atoms with van der Waals surface area (Å²) in [6, 6.07) is 4.68. The normalized spacial score (nSPS) is 16.2. The molecule has 3 unspecified atom stereocenters. The first kappa shape index (κ1) is 15.4. The van der Waals surface area contributed by atoms with E-state index in [4.69, 9.17) is 11.6 Å². The van der Waals surface area contributed by atoms with Crippen molar-refractivity contribution < 1.29 is 8.60 Å². The van der Waals surface area contributed by atoms with Crippen LogP contribution in [0.4, 0.5) is 4.39 Å². The fourth-order valence-corrected chi connectivity index (χ4v) is 3.13. The summed E-state index contributed by atoms with van der Waals surface area (Å²) in [5.41, 5.74) is 1.47. The lowest BCUT2D eigenvalue weighted by atomic mass is 10.2. The van der Waals surface area contributed by atoms with E-state index in [2.05, 4.69) is 4.98 Å². The van der Waals surface area contributed by atoms with Gasteiger partial charge in [0.05, 0.1) is 16.4 Å². The SMILES string of the molecule is CC(Cl)c1nc2cc(F)ccc2n1C(C)CCS(C)=O. The molecule has 110 valence electrons. The van der Waals surface area contributed by atoms with Crippen LogP contribution in [0.2, 0.25) is 0 Å². The Morgan fingerprint density at radius 1 is 1.45 bits per heavy atom. The lowest BCUT2D eigenvalue weighted by Crippen LogP contribution is -2.12. The van der Waals surface area contributed by atoms with Crippen LogP contribution < -0.4 is 0 Å². The molecule has 0 saturated heterocycles. The van der Waals surface area contributed by atoms with E-state index in [0.29, 0.717) is 11.3 Å². The maximum absolute atomic E-state index is 13.3. The minimum absolute atomic E-state index is 0.116. The number of hydrogen-bond acceptors (Lipinski definition) is 2. The molecule has 0 saturated carbocycles. The Labute approximate surface area is 125 Å². The van der Waals surface area contributed by atoms with Crippen molar-refractivity contribution >= 4 is 33.4 Å². The molecular formula is C14H18ClFN2OS. The zero-order chi connectivity index (χ0) is 14.9. The molecule has 0 aliphatic carbocycles. The third kappa shape index (κ3) is 3.20. The molecule has 0 radical (unpaired) electrons. The number of nitrogens with zero attached hydrogens (tertiary/aromatic N) is 2. The molecule has 1 heterocycles. The lowest BCUT2D eigenvalue weighted by Gasteiger charge is -2.18.